The first-order valence-corrected chi connectivity index (χ1v) is 12.0. The highest BCUT2D eigenvalue weighted by molar-refractivity contribution is 7.88. The molecule has 0 atom stereocenters. The molecule has 2 N–H and O–H groups in total. The number of ether oxygens (including phenoxy) is 1. The lowest BCUT2D eigenvalue weighted by Gasteiger charge is -2.34. The number of aryl methyl sites for hydroxylation is 1. The van der Waals surface area contributed by atoms with Crippen LogP contribution in [0.5, 0.6) is 5.75 Å². The minimum Gasteiger partial charge on any atom is -0.496 e. The number of methoxy groups -OCH3 is 1. The van der Waals surface area contributed by atoms with Gasteiger partial charge in [-0.1, -0.05) is 12.1 Å². The number of nitrogens with one attached hydrogen (secondary N) is 2. The van der Waals surface area contributed by atoms with Gasteiger partial charge in [-0.15, -0.1) is 0 Å². The Bertz CT molecular complexity index is 1060. The zero-order chi connectivity index (χ0) is 22.6. The number of amides is 1. The van der Waals surface area contributed by atoms with Gasteiger partial charge in [0.1, 0.15) is 5.75 Å². The highest BCUT2D eigenvalue weighted by Crippen LogP contribution is 2.23. The van der Waals surface area contributed by atoms with Crippen molar-refractivity contribution in [2.24, 2.45) is 0 Å². The van der Waals surface area contributed by atoms with Crippen LogP contribution >= 0.6 is 12.2 Å². The Kier molecular flexibility index (Phi) is 7.14. The molecule has 8 nitrogen and oxygen atoms in total. The molecule has 31 heavy (non-hydrogen) atoms. The van der Waals surface area contributed by atoms with Gasteiger partial charge >= 0.3 is 0 Å². The monoisotopic (exact) mass is 462 g/mol. The average Bonchev–Trinajstić information content (AvgIpc) is 2.73. The van der Waals surface area contributed by atoms with E-state index in [0.29, 0.717) is 37.5 Å². The van der Waals surface area contributed by atoms with Gasteiger partial charge in [0.05, 0.1) is 18.9 Å². The van der Waals surface area contributed by atoms with Crippen LogP contribution in [0.25, 0.3) is 0 Å². The van der Waals surface area contributed by atoms with E-state index < -0.39 is 10.0 Å². The Morgan fingerprint density at radius 3 is 2.29 bits per heavy atom. The van der Waals surface area contributed by atoms with Crippen molar-refractivity contribution in [1.29, 1.82) is 0 Å². The maximum Gasteiger partial charge on any atom is 0.261 e. The van der Waals surface area contributed by atoms with Gasteiger partial charge < -0.3 is 15.0 Å². The summed E-state index contributed by atoms with van der Waals surface area (Å²) >= 11 is 5.27. The average molecular weight is 463 g/mol. The van der Waals surface area contributed by atoms with Crippen molar-refractivity contribution in [3.8, 4) is 5.75 Å². The molecule has 2 aromatic carbocycles. The summed E-state index contributed by atoms with van der Waals surface area (Å²) < 4.78 is 30.1. The third kappa shape index (κ3) is 5.72. The number of hydrogen-bond acceptors (Lipinski definition) is 6. The van der Waals surface area contributed by atoms with E-state index in [-0.39, 0.29) is 11.0 Å². The number of rotatable bonds is 5. The molecule has 1 heterocycles. The van der Waals surface area contributed by atoms with Gasteiger partial charge in [-0.2, -0.15) is 4.31 Å². The number of thiocarbonyl (C=S) groups is 1. The molecule has 1 aliphatic rings. The molecular formula is C21H26N4O4S2. The summed E-state index contributed by atoms with van der Waals surface area (Å²) in [7, 11) is -1.62. The Balaban J connectivity index is 1.57. The topological polar surface area (TPSA) is 91.0 Å². The molecule has 0 unspecified atom stereocenters. The predicted octanol–water partition coefficient (Wildman–Crippen LogP) is 2.21. The third-order valence-electron chi connectivity index (χ3n) is 5.09. The number of sulfonamides is 1. The van der Waals surface area contributed by atoms with Crippen molar-refractivity contribution in [3.05, 3.63) is 53.6 Å². The normalized spacial score (nSPS) is 14.7. The van der Waals surface area contributed by atoms with Gasteiger partial charge in [-0.05, 0) is 55.0 Å². The van der Waals surface area contributed by atoms with Crippen molar-refractivity contribution in [2.75, 3.05) is 49.8 Å². The van der Waals surface area contributed by atoms with E-state index in [9.17, 15) is 13.2 Å². The zero-order valence-corrected chi connectivity index (χ0v) is 19.3. The van der Waals surface area contributed by atoms with E-state index in [1.807, 2.05) is 37.3 Å². The number of carbonyl (C=O) groups excluding carboxylic acids is 1. The van der Waals surface area contributed by atoms with Crippen LogP contribution in [0.15, 0.2) is 42.5 Å². The Labute approximate surface area is 188 Å². The third-order valence-corrected chi connectivity index (χ3v) is 6.59. The van der Waals surface area contributed by atoms with Crippen LogP contribution in [0.3, 0.4) is 0 Å². The molecule has 1 amide bonds. The molecule has 0 bridgehead atoms. The van der Waals surface area contributed by atoms with Crippen LogP contribution in [-0.4, -0.2) is 63.3 Å². The van der Waals surface area contributed by atoms with Crippen LogP contribution in [0.4, 0.5) is 11.4 Å². The molecule has 1 saturated heterocycles. The fourth-order valence-corrected chi connectivity index (χ4v) is 4.51. The van der Waals surface area contributed by atoms with Crippen molar-refractivity contribution < 1.29 is 17.9 Å². The lowest BCUT2D eigenvalue weighted by molar-refractivity contribution is 0.0974. The summed E-state index contributed by atoms with van der Waals surface area (Å²) in [5.74, 6) is 0.168. The summed E-state index contributed by atoms with van der Waals surface area (Å²) in [6, 6.07) is 12.9. The minimum atomic E-state index is -3.15. The van der Waals surface area contributed by atoms with E-state index in [4.69, 9.17) is 17.0 Å². The Hall–Kier alpha value is -2.69. The molecule has 0 radical (unpaired) electrons. The van der Waals surface area contributed by atoms with Gasteiger partial charge in [0.2, 0.25) is 10.0 Å². The van der Waals surface area contributed by atoms with Gasteiger partial charge in [0.15, 0.2) is 5.11 Å². The molecule has 0 spiro atoms. The molecule has 10 heteroatoms. The standard InChI is InChI=1S/C21H26N4O4S2/c1-15-5-4-6-18(19(15)29-2)20(26)23-21(30)22-16-7-9-17(10-8-16)24-11-13-25(14-12-24)31(3,27)28/h4-10H,11-14H2,1-3H3,(H2,22,23,26,30). The quantitative estimate of drug-likeness (QED) is 0.659. The van der Waals surface area contributed by atoms with Crippen molar-refractivity contribution >= 4 is 44.6 Å². The number of anilines is 2. The smallest absolute Gasteiger partial charge is 0.261 e. The Morgan fingerprint density at radius 2 is 1.71 bits per heavy atom. The number of hydrogen-bond donors (Lipinski definition) is 2. The summed E-state index contributed by atoms with van der Waals surface area (Å²) in [5, 5.41) is 5.86. The lowest BCUT2D eigenvalue weighted by Crippen LogP contribution is -2.48. The number of nitrogens with zero attached hydrogens (tertiary/aromatic N) is 2. The summed E-state index contributed by atoms with van der Waals surface area (Å²) in [5.41, 5.74) is 3.01. The van der Waals surface area contributed by atoms with E-state index in [2.05, 4.69) is 15.5 Å². The van der Waals surface area contributed by atoms with Gasteiger partial charge in [0.25, 0.3) is 5.91 Å². The molecular weight excluding hydrogens is 436 g/mol. The Morgan fingerprint density at radius 1 is 1.06 bits per heavy atom. The number of carbonyl (C=O) groups is 1. The van der Waals surface area contributed by atoms with Crippen LogP contribution in [0.2, 0.25) is 0 Å². The number of piperazine rings is 1. The second-order valence-electron chi connectivity index (χ2n) is 7.26. The van der Waals surface area contributed by atoms with Crippen molar-refractivity contribution in [2.45, 2.75) is 6.92 Å². The van der Waals surface area contributed by atoms with E-state index >= 15 is 0 Å². The largest absolute Gasteiger partial charge is 0.496 e. The first kappa shape index (κ1) is 23.0. The van der Waals surface area contributed by atoms with E-state index in [1.54, 1.807) is 12.1 Å². The summed E-state index contributed by atoms with van der Waals surface area (Å²) in [6.45, 7) is 4.07. The minimum absolute atomic E-state index is 0.183. The lowest BCUT2D eigenvalue weighted by atomic mass is 10.1. The van der Waals surface area contributed by atoms with Gasteiger partial charge in [-0.3, -0.25) is 10.1 Å². The second kappa shape index (κ2) is 9.63. The zero-order valence-electron chi connectivity index (χ0n) is 17.7. The molecule has 0 aliphatic carbocycles. The van der Waals surface area contributed by atoms with E-state index in [1.165, 1.54) is 17.7 Å². The molecule has 1 aliphatic heterocycles. The fourth-order valence-electron chi connectivity index (χ4n) is 3.47. The molecule has 0 aromatic heterocycles. The van der Waals surface area contributed by atoms with E-state index in [0.717, 1.165) is 16.9 Å². The molecule has 3 rings (SSSR count). The van der Waals surface area contributed by atoms with Crippen LogP contribution in [0.1, 0.15) is 15.9 Å². The van der Waals surface area contributed by atoms with Crippen molar-refractivity contribution in [1.82, 2.24) is 9.62 Å². The van der Waals surface area contributed by atoms with Crippen LogP contribution in [0, 0.1) is 6.92 Å². The predicted molar refractivity (Wildman–Crippen MR) is 126 cm³/mol. The highest BCUT2D eigenvalue weighted by Gasteiger charge is 2.23. The summed E-state index contributed by atoms with van der Waals surface area (Å²) in [4.78, 5) is 14.7. The first-order chi connectivity index (χ1) is 14.7. The van der Waals surface area contributed by atoms with Crippen LogP contribution < -0.4 is 20.3 Å². The SMILES string of the molecule is COc1c(C)cccc1C(=O)NC(=S)Nc1ccc(N2CCN(S(C)(=O)=O)CC2)cc1. The summed E-state index contributed by atoms with van der Waals surface area (Å²) in [6.07, 6.45) is 1.24. The number of benzene rings is 2. The van der Waals surface area contributed by atoms with Crippen LogP contribution in [-0.2, 0) is 10.0 Å². The molecule has 0 saturated carbocycles. The molecule has 166 valence electrons. The molecule has 2 aromatic rings. The van der Waals surface area contributed by atoms with Gasteiger partial charge in [-0.25, -0.2) is 8.42 Å². The second-order valence-corrected chi connectivity index (χ2v) is 9.65. The number of para-hydroxylation sites is 1. The van der Waals surface area contributed by atoms with Gasteiger partial charge in [0, 0.05) is 37.6 Å². The maximum absolute atomic E-state index is 12.6. The fraction of sp³-hybridized carbons (Fsp3) is 0.333. The highest BCUT2D eigenvalue weighted by atomic mass is 32.2. The first-order valence-electron chi connectivity index (χ1n) is 9.75. The molecule has 1 fully saturated rings. The maximum atomic E-state index is 12.6. The van der Waals surface area contributed by atoms with Crippen molar-refractivity contribution in [3.63, 3.8) is 0 Å².